The minimum Gasteiger partial charge on any atom is -0.384 e. The molecular formula is C44H57N7O7S. The summed E-state index contributed by atoms with van der Waals surface area (Å²) >= 11 is 0. The van der Waals surface area contributed by atoms with Gasteiger partial charge in [-0.2, -0.15) is 0 Å². The maximum atomic E-state index is 14.1. The average molecular weight is 828 g/mol. The van der Waals surface area contributed by atoms with Crippen molar-refractivity contribution in [2.75, 3.05) is 33.5 Å². The molecule has 4 aromatic rings. The van der Waals surface area contributed by atoms with E-state index in [1.807, 2.05) is 66.7 Å². The number of aryl methyl sites for hydroxylation is 1. The molecule has 0 aliphatic rings. The number of amides is 3. The number of nitrogens with one attached hydrogen (secondary N) is 5. The number of carbonyl (C=O) groups excluding carboxylic acids is 3. The maximum absolute atomic E-state index is 14.1. The van der Waals surface area contributed by atoms with Crippen LogP contribution < -0.4 is 32.1 Å². The van der Waals surface area contributed by atoms with E-state index < -0.39 is 33.9 Å². The third-order valence-corrected chi connectivity index (χ3v) is 10.8. The Morgan fingerprint density at radius 3 is 2.08 bits per heavy atom. The summed E-state index contributed by atoms with van der Waals surface area (Å²) in [6.45, 7) is 2.07. The SMILES string of the molecule is COCCOCCC(=O)NCCc1ccc(CS(=O)(=O)N[C@H](CCCc2ccccc2)C(=O)N[C@@H](Cc2cccc(CN)c2)C(=O)NCc2ccc(C(=N)N)cc2)cc1. The second kappa shape index (κ2) is 24.5. The van der Waals surface area contributed by atoms with E-state index >= 15 is 0 Å². The fourth-order valence-corrected chi connectivity index (χ4v) is 7.61. The van der Waals surface area contributed by atoms with Gasteiger partial charge >= 0.3 is 0 Å². The molecule has 15 heteroatoms. The van der Waals surface area contributed by atoms with Gasteiger partial charge < -0.3 is 36.9 Å². The zero-order chi connectivity index (χ0) is 42.5. The van der Waals surface area contributed by atoms with Crippen LogP contribution in [0, 0.1) is 5.41 Å². The normalized spacial score (nSPS) is 12.3. The van der Waals surface area contributed by atoms with Crippen molar-refractivity contribution in [3.8, 4) is 0 Å². The van der Waals surface area contributed by atoms with Crippen molar-refractivity contribution in [2.45, 2.75) is 69.5 Å². The van der Waals surface area contributed by atoms with E-state index in [-0.39, 0.29) is 43.3 Å². The summed E-state index contributed by atoms with van der Waals surface area (Å²) in [7, 11) is -2.45. The fraction of sp³-hybridized carbons (Fsp3) is 0.364. The lowest BCUT2D eigenvalue weighted by atomic mass is 10.0. The Morgan fingerprint density at radius 1 is 0.729 bits per heavy atom. The van der Waals surface area contributed by atoms with Crippen LogP contribution >= 0.6 is 0 Å². The van der Waals surface area contributed by atoms with Crippen LogP contribution in [0.15, 0.2) is 103 Å². The highest BCUT2D eigenvalue weighted by Gasteiger charge is 2.29. The monoisotopic (exact) mass is 827 g/mol. The lowest BCUT2D eigenvalue weighted by Gasteiger charge is -2.24. The van der Waals surface area contributed by atoms with Gasteiger partial charge in [0.15, 0.2) is 0 Å². The second-order valence-corrected chi connectivity index (χ2v) is 16.0. The van der Waals surface area contributed by atoms with Crippen LogP contribution in [0.5, 0.6) is 0 Å². The van der Waals surface area contributed by atoms with E-state index in [9.17, 15) is 22.8 Å². The highest BCUT2D eigenvalue weighted by molar-refractivity contribution is 7.88. The number of hydrogen-bond acceptors (Lipinski definition) is 9. The Labute approximate surface area is 347 Å². The molecule has 4 rings (SSSR count). The molecule has 4 aromatic carbocycles. The van der Waals surface area contributed by atoms with Gasteiger partial charge in [-0.3, -0.25) is 19.8 Å². The molecule has 59 heavy (non-hydrogen) atoms. The van der Waals surface area contributed by atoms with E-state index in [2.05, 4.69) is 20.7 Å². The van der Waals surface area contributed by atoms with E-state index in [1.165, 1.54) is 0 Å². The Hall–Kier alpha value is -5.45. The molecule has 0 unspecified atom stereocenters. The molecule has 0 heterocycles. The molecule has 0 bridgehead atoms. The minimum absolute atomic E-state index is 0.0684. The highest BCUT2D eigenvalue weighted by Crippen LogP contribution is 2.14. The van der Waals surface area contributed by atoms with Crippen molar-refractivity contribution < 1.29 is 32.3 Å². The predicted molar refractivity (Wildman–Crippen MR) is 229 cm³/mol. The molecule has 14 nitrogen and oxygen atoms in total. The molecule has 0 aromatic heterocycles. The number of hydrogen-bond donors (Lipinski definition) is 7. The molecule has 3 amide bonds. The third kappa shape index (κ3) is 17.1. The molecule has 0 spiro atoms. The van der Waals surface area contributed by atoms with Gasteiger partial charge in [-0.15, -0.1) is 0 Å². The van der Waals surface area contributed by atoms with Crippen LogP contribution in [0.2, 0.25) is 0 Å². The Morgan fingerprint density at radius 2 is 1.39 bits per heavy atom. The van der Waals surface area contributed by atoms with Gasteiger partial charge in [-0.1, -0.05) is 103 Å². The first-order chi connectivity index (χ1) is 28.4. The Bertz CT molecular complexity index is 2050. The molecule has 0 fully saturated rings. The lowest BCUT2D eigenvalue weighted by molar-refractivity contribution is -0.130. The number of methoxy groups -OCH3 is 1. The van der Waals surface area contributed by atoms with Gasteiger partial charge in [-0.25, -0.2) is 13.1 Å². The molecule has 0 radical (unpaired) electrons. The van der Waals surface area contributed by atoms with E-state index in [0.29, 0.717) is 63.3 Å². The quantitative estimate of drug-likeness (QED) is 0.0280. The molecule has 0 saturated carbocycles. The molecular weight excluding hydrogens is 771 g/mol. The summed E-state index contributed by atoms with van der Waals surface area (Å²) in [6, 6.07) is 28.9. The molecule has 0 aliphatic carbocycles. The Balaban J connectivity index is 1.43. The number of carbonyl (C=O) groups is 3. The van der Waals surface area contributed by atoms with E-state index in [4.69, 9.17) is 26.4 Å². The van der Waals surface area contributed by atoms with Gasteiger partial charge in [-0.05, 0) is 59.1 Å². The van der Waals surface area contributed by atoms with Crippen molar-refractivity contribution in [3.63, 3.8) is 0 Å². The van der Waals surface area contributed by atoms with Gasteiger partial charge in [0.05, 0.1) is 25.6 Å². The van der Waals surface area contributed by atoms with Crippen molar-refractivity contribution in [3.05, 3.63) is 142 Å². The van der Waals surface area contributed by atoms with Gasteiger partial charge in [0.2, 0.25) is 27.7 Å². The van der Waals surface area contributed by atoms with Gasteiger partial charge in [0.1, 0.15) is 17.9 Å². The first kappa shape index (κ1) is 46.2. The number of nitrogen functional groups attached to an aromatic ring is 1. The molecule has 0 aliphatic heterocycles. The maximum Gasteiger partial charge on any atom is 0.243 e. The van der Waals surface area contributed by atoms with Crippen LogP contribution in [-0.4, -0.2) is 77.5 Å². The number of sulfonamides is 1. The van der Waals surface area contributed by atoms with Crippen LogP contribution in [0.1, 0.15) is 58.2 Å². The van der Waals surface area contributed by atoms with Gasteiger partial charge in [0, 0.05) is 45.1 Å². The predicted octanol–water partition coefficient (Wildman–Crippen LogP) is 3.00. The van der Waals surface area contributed by atoms with E-state index in [1.54, 1.807) is 43.5 Å². The summed E-state index contributed by atoms with van der Waals surface area (Å²) in [4.78, 5) is 40.0. The average Bonchev–Trinajstić information content (AvgIpc) is 3.23. The zero-order valence-corrected chi connectivity index (χ0v) is 34.4. The molecule has 9 N–H and O–H groups in total. The van der Waals surface area contributed by atoms with Gasteiger partial charge in [0.25, 0.3) is 0 Å². The standard InChI is InChI=1S/C44H57N7O7S/c1-57-25-26-58-24-22-41(52)48-23-21-33-13-15-35(16-14-33)31-59(55,56)51-39(12-6-9-32-7-3-2-4-8-32)44(54)50-40(28-36-10-5-11-37(27-36)29-45)43(53)49-30-34-17-19-38(20-18-34)42(46)47/h2-5,7-8,10-11,13-20,27,39-40,51H,6,9,12,21-26,28-31,45H2,1H3,(H3,46,47)(H,48,52)(H,49,53)(H,50,54)/t39-,40+/m1/s1. The topological polar surface area (TPSA) is 228 Å². The minimum atomic E-state index is -4.04. The molecule has 2 atom stereocenters. The lowest BCUT2D eigenvalue weighted by Crippen LogP contribution is -2.54. The fourth-order valence-electron chi connectivity index (χ4n) is 6.24. The van der Waals surface area contributed by atoms with Crippen molar-refractivity contribution in [1.29, 1.82) is 5.41 Å². The number of amidine groups is 1. The van der Waals surface area contributed by atoms with Crippen LogP contribution in [0.25, 0.3) is 0 Å². The summed E-state index contributed by atoms with van der Waals surface area (Å²) < 4.78 is 40.2. The zero-order valence-electron chi connectivity index (χ0n) is 33.6. The summed E-state index contributed by atoms with van der Waals surface area (Å²) in [6.07, 6.45) is 2.24. The van der Waals surface area contributed by atoms with Crippen LogP contribution in [-0.2, 0) is 72.0 Å². The molecule has 316 valence electrons. The second-order valence-electron chi connectivity index (χ2n) is 14.2. The van der Waals surface area contributed by atoms with E-state index in [0.717, 1.165) is 27.8 Å². The van der Waals surface area contributed by atoms with Crippen molar-refractivity contribution >= 4 is 33.6 Å². The van der Waals surface area contributed by atoms with Crippen molar-refractivity contribution in [2.24, 2.45) is 11.5 Å². The summed E-state index contributed by atoms with van der Waals surface area (Å²) in [5.41, 5.74) is 16.9. The first-order valence-electron chi connectivity index (χ1n) is 19.7. The Kier molecular flexibility index (Phi) is 19.2. The summed E-state index contributed by atoms with van der Waals surface area (Å²) in [5.74, 6) is -1.63. The highest BCUT2D eigenvalue weighted by atomic mass is 32.2. The summed E-state index contributed by atoms with van der Waals surface area (Å²) in [5, 5.41) is 16.2. The molecule has 0 saturated heterocycles. The first-order valence-corrected chi connectivity index (χ1v) is 21.3. The number of benzene rings is 4. The number of nitrogens with two attached hydrogens (primary N) is 2. The largest absolute Gasteiger partial charge is 0.384 e. The number of rotatable bonds is 26. The van der Waals surface area contributed by atoms with Crippen LogP contribution in [0.3, 0.4) is 0 Å². The third-order valence-electron chi connectivity index (χ3n) is 9.49. The number of ether oxygens (including phenoxy) is 2. The smallest absolute Gasteiger partial charge is 0.243 e. The van der Waals surface area contributed by atoms with Crippen LogP contribution in [0.4, 0.5) is 0 Å². The van der Waals surface area contributed by atoms with Crippen molar-refractivity contribution in [1.82, 2.24) is 20.7 Å².